The lowest BCUT2D eigenvalue weighted by Gasteiger charge is -2.32. The van der Waals surface area contributed by atoms with Crippen molar-refractivity contribution in [2.45, 2.75) is 76.6 Å². The Bertz CT molecular complexity index is 2290. The van der Waals surface area contributed by atoms with Crippen LogP contribution >= 0.6 is 23.2 Å². The van der Waals surface area contributed by atoms with Gasteiger partial charge in [-0.15, -0.1) is 0 Å². The van der Waals surface area contributed by atoms with Gasteiger partial charge in [0.25, 0.3) is 5.91 Å². The normalized spacial score (nSPS) is 24.3. The number of aromatic nitrogens is 3. The van der Waals surface area contributed by atoms with Crippen LogP contribution in [0.2, 0.25) is 10.0 Å². The summed E-state index contributed by atoms with van der Waals surface area (Å²) in [4.78, 5) is 37.2. The van der Waals surface area contributed by atoms with E-state index in [4.69, 9.17) is 37.7 Å². The number of aliphatic hydroxyl groups is 1. The number of fused-ring (bicyclic) bond motifs is 3. The molecule has 2 saturated carbocycles. The molecule has 0 spiro atoms. The summed E-state index contributed by atoms with van der Waals surface area (Å²) in [6.07, 6.45) is 8.96. The Balaban J connectivity index is 0.938. The van der Waals surface area contributed by atoms with Crippen molar-refractivity contribution >= 4 is 52.7 Å². The zero-order chi connectivity index (χ0) is 41.5. The topological polar surface area (TPSA) is 151 Å². The van der Waals surface area contributed by atoms with Crippen LogP contribution in [0.15, 0.2) is 48.7 Å². The van der Waals surface area contributed by atoms with Crippen LogP contribution in [0.25, 0.3) is 23.0 Å². The molecule has 4 N–H and O–H groups in total. The maximum absolute atomic E-state index is 15.8. The number of methoxy groups -OCH3 is 1. The second-order valence-electron chi connectivity index (χ2n) is 16.5. The van der Waals surface area contributed by atoms with Crippen molar-refractivity contribution < 1.29 is 33.7 Å². The minimum absolute atomic E-state index is 0.0654. The van der Waals surface area contributed by atoms with Gasteiger partial charge in [-0.25, -0.2) is 9.37 Å². The van der Waals surface area contributed by atoms with Crippen LogP contribution in [0.4, 0.5) is 10.1 Å². The maximum atomic E-state index is 15.8. The molecule has 12 nitrogen and oxygen atoms in total. The first-order valence-electron chi connectivity index (χ1n) is 20.2. The predicted octanol–water partition coefficient (Wildman–Crippen LogP) is 7.54. The van der Waals surface area contributed by atoms with Crippen molar-refractivity contribution in [3.63, 3.8) is 0 Å². The Kier molecular flexibility index (Phi) is 11.9. The number of amides is 1. The standard InChI is InChI=1S/C44H49Cl2FN6O6/c1-52-35-9-16-53(17-15-43-11-13-44(25-43,14-12-43)42(56)57)23-34(35)50-40(52)41(55)51-32-8-4-7-29(39(32)46)28-6-3-5-26(38(28)45)19-30(47)33-20-37(58-2)27(22-49-33)21-48-31-10-18-59-24-36(31)54/h3-8,19-20,22,31,36,48,54H,9-18,21,23-25H2,1-2H3,(H,51,55)(H,56,57)/b30-19-/t31-,36-,43?,44?/m0/s1. The van der Waals surface area contributed by atoms with Crippen LogP contribution in [0, 0.1) is 10.8 Å². The quantitative estimate of drug-likeness (QED) is 0.106. The van der Waals surface area contributed by atoms with Gasteiger partial charge in [0.05, 0.1) is 46.7 Å². The molecule has 1 saturated heterocycles. The van der Waals surface area contributed by atoms with E-state index in [1.54, 1.807) is 42.6 Å². The van der Waals surface area contributed by atoms with Gasteiger partial charge in [0.1, 0.15) is 17.3 Å². The molecule has 4 aromatic rings. The van der Waals surface area contributed by atoms with E-state index in [2.05, 4.69) is 20.5 Å². The Labute approximate surface area is 352 Å². The lowest BCUT2D eigenvalue weighted by molar-refractivity contribution is -0.148. The number of ether oxygens (including phenoxy) is 2. The molecule has 1 amide bonds. The number of hydrogen-bond donors (Lipinski definition) is 4. The number of aliphatic carboxylic acids is 1. The van der Waals surface area contributed by atoms with Crippen molar-refractivity contribution in [1.29, 1.82) is 0 Å². The fourth-order valence-electron chi connectivity index (χ4n) is 9.54. The number of pyridine rings is 1. The number of imidazole rings is 1. The minimum atomic E-state index is -0.637. The Morgan fingerprint density at radius 3 is 2.61 bits per heavy atom. The smallest absolute Gasteiger partial charge is 0.309 e. The predicted molar refractivity (Wildman–Crippen MR) is 224 cm³/mol. The van der Waals surface area contributed by atoms with E-state index in [9.17, 15) is 19.8 Å². The summed E-state index contributed by atoms with van der Waals surface area (Å²) in [5.74, 6) is -0.928. The SMILES string of the molecule is COc1cc(/C(F)=C/c2cccc(-c3cccc(NC(=O)c4nc5c(n4C)CCN(CCC46CCC(C(=O)O)(CC4)C6)C5)c3Cl)c2Cl)ncc1CN[C@H]1CCOC[C@@H]1O. The van der Waals surface area contributed by atoms with E-state index in [0.717, 1.165) is 69.4 Å². The van der Waals surface area contributed by atoms with Crippen molar-refractivity contribution in [3.8, 4) is 16.9 Å². The number of nitrogens with zero attached hydrogens (tertiary/aromatic N) is 4. The van der Waals surface area contributed by atoms with Gasteiger partial charge in [-0.1, -0.05) is 53.5 Å². The first kappa shape index (κ1) is 41.4. The Morgan fingerprint density at radius 1 is 1.12 bits per heavy atom. The molecule has 2 aliphatic heterocycles. The highest BCUT2D eigenvalue weighted by molar-refractivity contribution is 6.39. The van der Waals surface area contributed by atoms with E-state index in [0.29, 0.717) is 59.8 Å². The summed E-state index contributed by atoms with van der Waals surface area (Å²) in [7, 11) is 3.36. The number of rotatable bonds is 13. The molecule has 3 fully saturated rings. The first-order chi connectivity index (χ1) is 28.4. The number of benzene rings is 2. The summed E-state index contributed by atoms with van der Waals surface area (Å²) in [5, 5.41) is 26.8. The number of carbonyl (C=O) groups excluding carboxylic acids is 1. The Hall–Kier alpha value is -4.37. The zero-order valence-corrected chi connectivity index (χ0v) is 34.7. The van der Waals surface area contributed by atoms with Crippen LogP contribution in [0.1, 0.15) is 83.8 Å². The molecule has 4 heterocycles. The number of anilines is 1. The van der Waals surface area contributed by atoms with E-state index >= 15 is 4.39 Å². The molecule has 2 aromatic heterocycles. The third kappa shape index (κ3) is 8.25. The van der Waals surface area contributed by atoms with Crippen molar-refractivity contribution in [1.82, 2.24) is 24.8 Å². The van der Waals surface area contributed by atoms with Crippen LogP contribution in [0.3, 0.4) is 0 Å². The molecule has 312 valence electrons. The molecular formula is C44H49Cl2FN6O6. The molecule has 2 aliphatic carbocycles. The molecule has 4 aliphatic rings. The van der Waals surface area contributed by atoms with Gasteiger partial charge >= 0.3 is 5.97 Å². The molecule has 0 radical (unpaired) electrons. The molecule has 15 heteroatoms. The molecule has 2 atom stereocenters. The van der Waals surface area contributed by atoms with Gasteiger partial charge in [0.15, 0.2) is 5.82 Å². The number of carboxylic acids is 1. The van der Waals surface area contributed by atoms with E-state index in [1.165, 1.54) is 19.3 Å². The molecule has 2 aromatic carbocycles. The third-order valence-corrected chi connectivity index (χ3v) is 13.9. The van der Waals surface area contributed by atoms with E-state index < -0.39 is 29.2 Å². The fraction of sp³-hybridized carbons (Fsp3) is 0.455. The number of nitrogens with one attached hydrogen (secondary N) is 2. The molecular weight excluding hydrogens is 798 g/mol. The molecule has 2 bridgehead atoms. The summed E-state index contributed by atoms with van der Waals surface area (Å²) in [6, 6.07) is 11.9. The van der Waals surface area contributed by atoms with Gasteiger partial charge in [-0.05, 0) is 74.6 Å². The average molecular weight is 848 g/mol. The number of aliphatic hydroxyl groups excluding tert-OH is 1. The Morgan fingerprint density at radius 2 is 1.88 bits per heavy atom. The average Bonchev–Trinajstić information content (AvgIpc) is 3.92. The van der Waals surface area contributed by atoms with E-state index in [-0.39, 0.29) is 39.6 Å². The highest BCUT2D eigenvalue weighted by Crippen LogP contribution is 2.63. The summed E-state index contributed by atoms with van der Waals surface area (Å²) >= 11 is 13.9. The number of carbonyl (C=O) groups is 2. The van der Waals surface area contributed by atoms with Crippen LogP contribution in [-0.4, -0.2) is 87.1 Å². The first-order valence-corrected chi connectivity index (χ1v) is 20.9. The lowest BCUT2D eigenvalue weighted by atomic mass is 9.80. The van der Waals surface area contributed by atoms with Gasteiger partial charge in [0, 0.05) is 80.4 Å². The summed E-state index contributed by atoms with van der Waals surface area (Å²) < 4.78 is 28.5. The molecule has 8 rings (SSSR count). The van der Waals surface area contributed by atoms with Gasteiger partial charge in [0.2, 0.25) is 0 Å². The maximum Gasteiger partial charge on any atom is 0.309 e. The summed E-state index contributed by atoms with van der Waals surface area (Å²) in [5.41, 5.74) is 4.15. The fourth-order valence-corrected chi connectivity index (χ4v) is 10.1. The van der Waals surface area contributed by atoms with Crippen LogP contribution in [-0.2, 0) is 36.1 Å². The molecule has 0 unspecified atom stereocenters. The van der Waals surface area contributed by atoms with Crippen molar-refractivity contribution in [3.05, 3.63) is 92.7 Å². The van der Waals surface area contributed by atoms with Crippen LogP contribution < -0.4 is 15.4 Å². The lowest BCUT2D eigenvalue weighted by Crippen LogP contribution is -2.46. The monoisotopic (exact) mass is 846 g/mol. The second kappa shape index (κ2) is 16.9. The number of halogens is 3. The molecule has 59 heavy (non-hydrogen) atoms. The minimum Gasteiger partial charge on any atom is -0.496 e. The van der Waals surface area contributed by atoms with Crippen LogP contribution in [0.5, 0.6) is 5.75 Å². The number of hydrogen-bond acceptors (Lipinski definition) is 9. The van der Waals surface area contributed by atoms with Gasteiger partial charge in [-0.2, -0.15) is 0 Å². The summed E-state index contributed by atoms with van der Waals surface area (Å²) in [6.45, 7) is 3.57. The highest BCUT2D eigenvalue weighted by Gasteiger charge is 2.57. The highest BCUT2D eigenvalue weighted by atomic mass is 35.5. The van der Waals surface area contributed by atoms with Gasteiger partial charge in [-0.3, -0.25) is 19.5 Å². The van der Waals surface area contributed by atoms with E-state index in [1.807, 2.05) is 11.6 Å². The second-order valence-corrected chi connectivity index (χ2v) is 17.3. The van der Waals surface area contributed by atoms with Gasteiger partial charge < -0.3 is 34.9 Å². The third-order valence-electron chi connectivity index (χ3n) is 13.1. The largest absolute Gasteiger partial charge is 0.496 e. The van der Waals surface area contributed by atoms with Crippen molar-refractivity contribution in [2.75, 3.05) is 38.7 Å². The number of carboxylic acid groups (broad SMARTS) is 1. The van der Waals surface area contributed by atoms with Crippen molar-refractivity contribution in [2.24, 2.45) is 17.9 Å². The zero-order valence-electron chi connectivity index (χ0n) is 33.2.